The van der Waals surface area contributed by atoms with Crippen LogP contribution in [0.25, 0.3) is 0 Å². The summed E-state index contributed by atoms with van der Waals surface area (Å²) in [6, 6.07) is 1.35. The number of aryl methyl sites for hydroxylation is 1. The van der Waals surface area contributed by atoms with Crippen molar-refractivity contribution >= 4 is 12.1 Å². The lowest BCUT2D eigenvalue weighted by atomic mass is 10.0. The van der Waals surface area contributed by atoms with E-state index in [1.165, 1.54) is 12.3 Å². The van der Waals surface area contributed by atoms with Gasteiger partial charge < -0.3 is 9.47 Å². The summed E-state index contributed by atoms with van der Waals surface area (Å²) in [4.78, 5) is 23.9. The minimum absolute atomic E-state index is 0.0324. The Hall–Kier alpha value is -1.99. The van der Waals surface area contributed by atoms with Crippen molar-refractivity contribution in [3.63, 3.8) is 0 Å². The van der Waals surface area contributed by atoms with Gasteiger partial charge in [-0.25, -0.2) is 4.79 Å². The van der Waals surface area contributed by atoms with Crippen LogP contribution in [0.15, 0.2) is 12.3 Å². The fraction of sp³-hybridized carbons (Fsp3) is 0.667. The molecule has 0 spiro atoms. The van der Waals surface area contributed by atoms with Gasteiger partial charge in [0.05, 0.1) is 6.61 Å². The summed E-state index contributed by atoms with van der Waals surface area (Å²) < 4.78 is 51.7. The van der Waals surface area contributed by atoms with E-state index in [2.05, 4.69) is 0 Å². The highest BCUT2D eigenvalue weighted by atomic mass is 19.4. The Balaban J connectivity index is 2.32. The van der Waals surface area contributed by atoms with Crippen LogP contribution in [0.4, 0.5) is 18.0 Å². The molecular formula is C18H24F3NO4. The van der Waals surface area contributed by atoms with E-state index in [4.69, 9.17) is 9.47 Å². The van der Waals surface area contributed by atoms with Crippen molar-refractivity contribution < 1.29 is 32.2 Å². The predicted octanol–water partition coefficient (Wildman–Crippen LogP) is 4.36. The van der Waals surface area contributed by atoms with Crippen molar-refractivity contribution in [3.05, 3.63) is 23.5 Å². The molecule has 1 fully saturated rings. The average Bonchev–Trinajstić information content (AvgIpc) is 3.18. The van der Waals surface area contributed by atoms with E-state index in [1.807, 2.05) is 0 Å². The molecular weight excluding hydrogens is 351 g/mol. The fourth-order valence-corrected chi connectivity index (χ4v) is 2.77. The first-order valence-corrected chi connectivity index (χ1v) is 8.57. The minimum Gasteiger partial charge on any atom is -0.466 e. The maximum absolute atomic E-state index is 13.5. The lowest BCUT2D eigenvalue weighted by Crippen LogP contribution is -2.34. The molecule has 2 rings (SSSR count). The molecule has 0 N–H and O–H groups in total. The normalized spacial score (nSPS) is 16.3. The van der Waals surface area contributed by atoms with Gasteiger partial charge >= 0.3 is 18.2 Å². The molecule has 1 aliphatic carbocycles. The van der Waals surface area contributed by atoms with Gasteiger partial charge in [-0.05, 0) is 58.6 Å². The zero-order chi connectivity index (χ0) is 19.8. The molecule has 8 heteroatoms. The molecule has 0 amide bonds. The Bertz CT molecular complexity index is 682. The Morgan fingerprint density at radius 2 is 1.85 bits per heavy atom. The highest BCUT2D eigenvalue weighted by Gasteiger charge is 2.66. The van der Waals surface area contributed by atoms with E-state index >= 15 is 0 Å². The maximum atomic E-state index is 13.5. The van der Waals surface area contributed by atoms with E-state index in [0.29, 0.717) is 5.56 Å². The first-order valence-electron chi connectivity index (χ1n) is 8.57. The molecule has 0 aromatic carbocycles. The van der Waals surface area contributed by atoms with Crippen molar-refractivity contribution in [2.24, 2.45) is 0 Å². The maximum Gasteiger partial charge on any atom is 0.418 e. The third-order valence-corrected chi connectivity index (χ3v) is 4.17. The number of halogens is 3. The number of carbonyl (C=O) groups excluding carboxylic acids is 2. The lowest BCUT2D eigenvalue weighted by molar-refractivity contribution is -0.161. The van der Waals surface area contributed by atoms with Gasteiger partial charge in [0.15, 0.2) is 0 Å². The molecule has 0 bridgehead atoms. The van der Waals surface area contributed by atoms with Crippen LogP contribution in [0.1, 0.15) is 58.2 Å². The smallest absolute Gasteiger partial charge is 0.418 e. The summed E-state index contributed by atoms with van der Waals surface area (Å²) in [6.45, 7) is 6.85. The summed E-state index contributed by atoms with van der Waals surface area (Å²) in [5.74, 6) is -0.434. The summed E-state index contributed by atoms with van der Waals surface area (Å²) in [6.07, 6.45) is -3.90. The van der Waals surface area contributed by atoms with Crippen LogP contribution in [-0.4, -0.2) is 35.0 Å². The van der Waals surface area contributed by atoms with Crippen molar-refractivity contribution in [2.45, 2.75) is 70.6 Å². The number of hydrogen-bond acceptors (Lipinski definition) is 4. The number of ether oxygens (including phenoxy) is 2. The number of rotatable bonds is 5. The molecule has 146 valence electrons. The van der Waals surface area contributed by atoms with Crippen LogP contribution in [0.5, 0.6) is 0 Å². The molecule has 0 unspecified atom stereocenters. The van der Waals surface area contributed by atoms with E-state index in [0.717, 1.165) is 4.57 Å². The van der Waals surface area contributed by atoms with Crippen LogP contribution in [0.2, 0.25) is 0 Å². The van der Waals surface area contributed by atoms with E-state index in [-0.39, 0.29) is 38.0 Å². The molecule has 0 aliphatic heterocycles. The molecule has 26 heavy (non-hydrogen) atoms. The van der Waals surface area contributed by atoms with Gasteiger partial charge in [-0.1, -0.05) is 0 Å². The van der Waals surface area contributed by atoms with Crippen molar-refractivity contribution in [2.75, 3.05) is 6.61 Å². The van der Waals surface area contributed by atoms with Gasteiger partial charge in [-0.3, -0.25) is 9.36 Å². The van der Waals surface area contributed by atoms with Crippen LogP contribution in [-0.2, 0) is 26.1 Å². The summed E-state index contributed by atoms with van der Waals surface area (Å²) >= 11 is 0. The number of aromatic nitrogens is 1. The molecule has 0 radical (unpaired) electrons. The standard InChI is InChI=1S/C18H24F3NO4/c1-5-25-14(23)7-6-12-10-13(17(8-9-17)18(19,20)21)22(11-12)15(24)26-16(2,3)4/h10-11H,5-9H2,1-4H3. The molecule has 5 nitrogen and oxygen atoms in total. The second kappa shape index (κ2) is 6.96. The second-order valence-electron chi connectivity index (χ2n) is 7.47. The highest BCUT2D eigenvalue weighted by molar-refractivity contribution is 5.74. The number of hydrogen-bond donors (Lipinski definition) is 0. The fourth-order valence-electron chi connectivity index (χ4n) is 2.77. The summed E-state index contributed by atoms with van der Waals surface area (Å²) in [5, 5.41) is 0. The van der Waals surface area contributed by atoms with Crippen molar-refractivity contribution in [1.82, 2.24) is 4.57 Å². The minimum atomic E-state index is -4.45. The number of alkyl halides is 3. The van der Waals surface area contributed by atoms with Gasteiger partial charge in [-0.2, -0.15) is 13.2 Å². The van der Waals surface area contributed by atoms with E-state index in [1.54, 1.807) is 27.7 Å². The third kappa shape index (κ3) is 4.40. The Morgan fingerprint density at radius 3 is 2.31 bits per heavy atom. The van der Waals surface area contributed by atoms with Crippen LogP contribution >= 0.6 is 0 Å². The van der Waals surface area contributed by atoms with Gasteiger partial charge in [0.2, 0.25) is 0 Å². The van der Waals surface area contributed by atoms with Gasteiger partial charge in [-0.15, -0.1) is 0 Å². The molecule has 0 atom stereocenters. The average molecular weight is 375 g/mol. The molecule has 1 aromatic heterocycles. The van der Waals surface area contributed by atoms with Crippen molar-refractivity contribution in [1.29, 1.82) is 0 Å². The van der Waals surface area contributed by atoms with Crippen molar-refractivity contribution in [3.8, 4) is 0 Å². The SMILES string of the molecule is CCOC(=O)CCc1cc(C2(C(F)(F)F)CC2)n(C(=O)OC(C)(C)C)c1. The monoisotopic (exact) mass is 375 g/mol. The van der Waals surface area contributed by atoms with E-state index in [9.17, 15) is 22.8 Å². The Morgan fingerprint density at radius 1 is 1.23 bits per heavy atom. The number of esters is 1. The molecule has 1 aliphatic rings. The van der Waals surface area contributed by atoms with Gasteiger partial charge in [0, 0.05) is 18.3 Å². The molecule has 1 saturated carbocycles. The second-order valence-corrected chi connectivity index (χ2v) is 7.47. The lowest BCUT2D eigenvalue weighted by Gasteiger charge is -2.24. The van der Waals surface area contributed by atoms with Crippen LogP contribution in [0.3, 0.4) is 0 Å². The summed E-state index contributed by atoms with van der Waals surface area (Å²) in [5.41, 5.74) is -2.52. The third-order valence-electron chi connectivity index (χ3n) is 4.17. The first kappa shape index (κ1) is 20.3. The topological polar surface area (TPSA) is 57.5 Å². The molecule has 1 heterocycles. The molecule has 1 aromatic rings. The Kier molecular flexibility index (Phi) is 5.44. The van der Waals surface area contributed by atoms with Crippen LogP contribution in [0, 0.1) is 0 Å². The predicted molar refractivity (Wildman–Crippen MR) is 88.0 cm³/mol. The largest absolute Gasteiger partial charge is 0.466 e. The molecule has 0 saturated heterocycles. The first-order chi connectivity index (χ1) is 11.9. The Labute approximate surface area is 150 Å². The van der Waals surface area contributed by atoms with Gasteiger partial charge in [0.25, 0.3) is 0 Å². The van der Waals surface area contributed by atoms with E-state index < -0.39 is 29.3 Å². The quantitative estimate of drug-likeness (QED) is 0.718. The zero-order valence-corrected chi connectivity index (χ0v) is 15.4. The highest BCUT2D eigenvalue weighted by Crippen LogP contribution is 2.59. The zero-order valence-electron chi connectivity index (χ0n) is 15.4. The van der Waals surface area contributed by atoms with Crippen LogP contribution < -0.4 is 0 Å². The number of nitrogens with zero attached hydrogens (tertiary/aromatic N) is 1. The van der Waals surface area contributed by atoms with Gasteiger partial charge in [0.1, 0.15) is 11.0 Å². The summed E-state index contributed by atoms with van der Waals surface area (Å²) in [7, 11) is 0. The number of carbonyl (C=O) groups is 2.